The Morgan fingerprint density at radius 2 is 1.70 bits per heavy atom. The molecule has 1 heterocycles. The second kappa shape index (κ2) is 7.86. The molecule has 6 heteroatoms. The Morgan fingerprint density at radius 1 is 0.967 bits per heavy atom. The minimum atomic E-state index is -4.36. The van der Waals surface area contributed by atoms with Gasteiger partial charge in [-0.3, -0.25) is 0 Å². The molecule has 0 saturated heterocycles. The molecule has 154 valence electrons. The first-order chi connectivity index (χ1) is 14.3. The molecule has 0 saturated carbocycles. The fourth-order valence-corrected chi connectivity index (χ4v) is 3.45. The number of rotatable bonds is 5. The summed E-state index contributed by atoms with van der Waals surface area (Å²) in [6, 6.07) is 19.0. The number of ether oxygens (including phenoxy) is 1. The Kier molecular flexibility index (Phi) is 5.24. The van der Waals surface area contributed by atoms with E-state index in [1.807, 2.05) is 24.3 Å². The average molecular weight is 410 g/mol. The number of hydrogen-bond acceptors (Lipinski definition) is 2. The molecule has 0 bridgehead atoms. The number of fused-ring (bicyclic) bond motifs is 1. The number of aromatic amines is 1. The first-order valence-corrected chi connectivity index (χ1v) is 9.69. The minimum absolute atomic E-state index is 0.137. The molecule has 0 amide bonds. The van der Waals surface area contributed by atoms with Gasteiger partial charge in [-0.25, -0.2) is 4.98 Å². The Bertz CT molecular complexity index is 1160. The maximum atomic E-state index is 12.7. The van der Waals surface area contributed by atoms with Gasteiger partial charge in [0.05, 0.1) is 16.6 Å². The predicted octanol–water partition coefficient (Wildman–Crippen LogP) is 6.95. The van der Waals surface area contributed by atoms with Gasteiger partial charge in [-0.2, -0.15) is 13.2 Å². The number of nitrogens with zero attached hydrogens (tertiary/aromatic N) is 1. The lowest BCUT2D eigenvalue weighted by atomic mass is 9.92. The van der Waals surface area contributed by atoms with Gasteiger partial charge in [0.15, 0.2) is 0 Å². The van der Waals surface area contributed by atoms with Crippen molar-refractivity contribution in [3.05, 3.63) is 83.7 Å². The van der Waals surface area contributed by atoms with Crippen LogP contribution in [0.4, 0.5) is 13.2 Å². The van der Waals surface area contributed by atoms with Crippen molar-refractivity contribution in [1.29, 1.82) is 0 Å². The van der Waals surface area contributed by atoms with Crippen molar-refractivity contribution in [2.45, 2.75) is 32.5 Å². The molecule has 0 radical (unpaired) electrons. The molecule has 3 aromatic carbocycles. The highest BCUT2D eigenvalue weighted by atomic mass is 19.4. The van der Waals surface area contributed by atoms with Gasteiger partial charge in [0.1, 0.15) is 18.2 Å². The van der Waals surface area contributed by atoms with Gasteiger partial charge >= 0.3 is 6.18 Å². The number of imidazole rings is 1. The van der Waals surface area contributed by atoms with E-state index in [4.69, 9.17) is 4.74 Å². The molecule has 0 spiro atoms. The summed E-state index contributed by atoms with van der Waals surface area (Å²) in [5.74, 6) is 1.37. The summed E-state index contributed by atoms with van der Waals surface area (Å²) in [5, 5.41) is 0. The number of alkyl halides is 3. The van der Waals surface area contributed by atoms with Crippen molar-refractivity contribution in [1.82, 2.24) is 9.97 Å². The Morgan fingerprint density at radius 3 is 2.40 bits per heavy atom. The van der Waals surface area contributed by atoms with E-state index in [1.54, 1.807) is 0 Å². The van der Waals surface area contributed by atoms with Crippen molar-refractivity contribution in [3.8, 4) is 16.9 Å². The van der Waals surface area contributed by atoms with Crippen LogP contribution in [0.1, 0.15) is 36.7 Å². The van der Waals surface area contributed by atoms with Crippen LogP contribution in [0.25, 0.3) is 22.2 Å². The van der Waals surface area contributed by atoms with Crippen LogP contribution in [0.3, 0.4) is 0 Å². The van der Waals surface area contributed by atoms with Gasteiger partial charge in [0, 0.05) is 0 Å². The lowest BCUT2D eigenvalue weighted by Gasteiger charge is -2.12. The number of benzene rings is 3. The summed E-state index contributed by atoms with van der Waals surface area (Å²) < 4.78 is 43.6. The van der Waals surface area contributed by atoms with E-state index >= 15 is 0 Å². The third-order valence-corrected chi connectivity index (χ3v) is 4.98. The third-order valence-electron chi connectivity index (χ3n) is 4.98. The second-order valence-corrected chi connectivity index (χ2v) is 7.47. The molecule has 0 aliphatic rings. The first-order valence-electron chi connectivity index (χ1n) is 9.69. The van der Waals surface area contributed by atoms with E-state index < -0.39 is 11.7 Å². The van der Waals surface area contributed by atoms with Gasteiger partial charge in [0.2, 0.25) is 0 Å². The van der Waals surface area contributed by atoms with Gasteiger partial charge in [-0.1, -0.05) is 44.2 Å². The smallest absolute Gasteiger partial charge is 0.416 e. The number of H-pyrrole nitrogens is 1. The van der Waals surface area contributed by atoms with Crippen LogP contribution in [0.2, 0.25) is 0 Å². The van der Waals surface area contributed by atoms with E-state index in [2.05, 4.69) is 42.0 Å². The van der Waals surface area contributed by atoms with Crippen LogP contribution in [-0.4, -0.2) is 9.97 Å². The number of nitrogens with one attached hydrogen (secondary N) is 1. The monoisotopic (exact) mass is 410 g/mol. The zero-order chi connectivity index (χ0) is 21.3. The summed E-state index contributed by atoms with van der Waals surface area (Å²) >= 11 is 0. The minimum Gasteiger partial charge on any atom is -0.486 e. The number of halogens is 3. The van der Waals surface area contributed by atoms with E-state index in [9.17, 15) is 13.2 Å². The zero-order valence-corrected chi connectivity index (χ0v) is 16.6. The normalized spacial score (nSPS) is 11.9. The molecule has 4 rings (SSSR count). The largest absolute Gasteiger partial charge is 0.486 e. The summed E-state index contributed by atoms with van der Waals surface area (Å²) in [6.07, 6.45) is -4.36. The fourth-order valence-electron chi connectivity index (χ4n) is 3.45. The molecule has 1 aromatic heterocycles. The SMILES string of the molecule is CC(C)c1ccccc1-c1ccc2[nH]c(COc3ccc(C(F)(F)F)cc3)nc2c1. The van der Waals surface area contributed by atoms with Crippen LogP contribution in [0.5, 0.6) is 5.75 Å². The molecule has 0 atom stereocenters. The van der Waals surface area contributed by atoms with E-state index in [0.717, 1.165) is 28.7 Å². The predicted molar refractivity (Wildman–Crippen MR) is 111 cm³/mol. The molecule has 1 N–H and O–H groups in total. The van der Waals surface area contributed by atoms with E-state index in [-0.39, 0.29) is 6.61 Å². The standard InChI is InChI=1S/C24H21F3N2O/c1-15(2)19-5-3-4-6-20(19)16-7-12-21-22(13-16)29-23(28-21)14-30-18-10-8-17(9-11-18)24(25,26)27/h3-13,15H,14H2,1-2H3,(H,28,29). The number of aromatic nitrogens is 2. The van der Waals surface area contributed by atoms with Crippen LogP contribution in [0, 0.1) is 0 Å². The molecular formula is C24H21F3N2O. The number of hydrogen-bond donors (Lipinski definition) is 1. The van der Waals surface area contributed by atoms with Crippen LogP contribution >= 0.6 is 0 Å². The highest BCUT2D eigenvalue weighted by Gasteiger charge is 2.30. The lowest BCUT2D eigenvalue weighted by Crippen LogP contribution is -2.04. The van der Waals surface area contributed by atoms with Gasteiger partial charge in [-0.15, -0.1) is 0 Å². The lowest BCUT2D eigenvalue weighted by molar-refractivity contribution is -0.137. The molecule has 3 nitrogen and oxygen atoms in total. The fraction of sp³-hybridized carbons (Fsp3) is 0.208. The van der Waals surface area contributed by atoms with Gasteiger partial charge in [0.25, 0.3) is 0 Å². The molecule has 0 aliphatic heterocycles. The molecule has 0 aliphatic carbocycles. The zero-order valence-electron chi connectivity index (χ0n) is 16.6. The third kappa shape index (κ3) is 4.17. The molecule has 0 fully saturated rings. The Hall–Kier alpha value is -3.28. The summed E-state index contributed by atoms with van der Waals surface area (Å²) in [5.41, 5.74) is 4.54. The Balaban J connectivity index is 1.53. The van der Waals surface area contributed by atoms with Crippen molar-refractivity contribution < 1.29 is 17.9 Å². The van der Waals surface area contributed by atoms with Gasteiger partial charge in [-0.05, 0) is 59.0 Å². The molecule has 30 heavy (non-hydrogen) atoms. The molecule has 4 aromatic rings. The van der Waals surface area contributed by atoms with E-state index in [1.165, 1.54) is 23.3 Å². The quantitative estimate of drug-likeness (QED) is 0.386. The topological polar surface area (TPSA) is 37.9 Å². The van der Waals surface area contributed by atoms with Crippen LogP contribution < -0.4 is 4.74 Å². The van der Waals surface area contributed by atoms with Crippen LogP contribution in [0.15, 0.2) is 66.7 Å². The summed E-state index contributed by atoms with van der Waals surface area (Å²) in [6.45, 7) is 4.48. The summed E-state index contributed by atoms with van der Waals surface area (Å²) in [4.78, 5) is 7.79. The van der Waals surface area contributed by atoms with Crippen molar-refractivity contribution in [2.24, 2.45) is 0 Å². The highest BCUT2D eigenvalue weighted by Crippen LogP contribution is 2.32. The Labute approximate surface area is 172 Å². The second-order valence-electron chi connectivity index (χ2n) is 7.47. The highest BCUT2D eigenvalue weighted by molar-refractivity contribution is 5.83. The van der Waals surface area contributed by atoms with Crippen molar-refractivity contribution in [3.63, 3.8) is 0 Å². The molecular weight excluding hydrogens is 389 g/mol. The van der Waals surface area contributed by atoms with E-state index in [0.29, 0.717) is 17.5 Å². The maximum absolute atomic E-state index is 12.7. The van der Waals surface area contributed by atoms with Crippen molar-refractivity contribution in [2.75, 3.05) is 0 Å². The summed E-state index contributed by atoms with van der Waals surface area (Å²) in [7, 11) is 0. The van der Waals surface area contributed by atoms with Crippen LogP contribution in [-0.2, 0) is 12.8 Å². The maximum Gasteiger partial charge on any atom is 0.416 e. The first kappa shape index (κ1) is 20.0. The van der Waals surface area contributed by atoms with Crippen molar-refractivity contribution >= 4 is 11.0 Å². The average Bonchev–Trinajstić information content (AvgIpc) is 3.14. The molecule has 0 unspecified atom stereocenters. The van der Waals surface area contributed by atoms with Gasteiger partial charge < -0.3 is 9.72 Å².